The average molecular weight is 206 g/mol. The highest BCUT2D eigenvalue weighted by Crippen LogP contribution is 2.14. The number of benzene rings is 1. The number of likely N-dealkylation sites (N-methyl/N-ethyl adjacent to an activating group) is 1. The molecule has 80 valence electrons. The van der Waals surface area contributed by atoms with Gasteiger partial charge in [-0.05, 0) is 10.7 Å². The third-order valence-electron chi connectivity index (χ3n) is 2.47. The smallest absolute Gasteiger partial charge is 0.326 e. The maximum atomic E-state index is 8.64. The molecule has 0 radical (unpaired) electrons. The van der Waals surface area contributed by atoms with Gasteiger partial charge in [-0.15, -0.1) is 0 Å². The lowest BCUT2D eigenvalue weighted by Crippen LogP contribution is -2.21. The molecular formula is C11H14N2O2. The Labute approximate surface area is 88.8 Å². The fourth-order valence-corrected chi connectivity index (χ4v) is 1.74. The predicted molar refractivity (Wildman–Crippen MR) is 56.9 cm³/mol. The zero-order valence-corrected chi connectivity index (χ0v) is 8.63. The van der Waals surface area contributed by atoms with Crippen LogP contribution < -0.4 is 0 Å². The standard InChI is InChI=1S/C11H14N2O2/c1-13-8-10(15-11(13)12-14)7-9-5-3-2-4-6-9/h2-6,10,14H,7-8H2,1H3. The van der Waals surface area contributed by atoms with Crippen molar-refractivity contribution in [2.75, 3.05) is 13.6 Å². The van der Waals surface area contributed by atoms with Crippen molar-refractivity contribution in [2.24, 2.45) is 5.16 Å². The summed E-state index contributed by atoms with van der Waals surface area (Å²) in [4.78, 5) is 1.80. The van der Waals surface area contributed by atoms with Crippen molar-refractivity contribution in [3.05, 3.63) is 35.9 Å². The fourth-order valence-electron chi connectivity index (χ4n) is 1.74. The third-order valence-corrected chi connectivity index (χ3v) is 2.47. The van der Waals surface area contributed by atoms with Gasteiger partial charge >= 0.3 is 6.02 Å². The molecule has 0 saturated carbocycles. The molecular weight excluding hydrogens is 192 g/mol. The first kappa shape index (κ1) is 9.83. The van der Waals surface area contributed by atoms with Crippen LogP contribution in [-0.4, -0.2) is 35.8 Å². The molecule has 1 atom stereocenters. The summed E-state index contributed by atoms with van der Waals surface area (Å²) in [6.45, 7) is 0.758. The Morgan fingerprint density at radius 2 is 2.20 bits per heavy atom. The van der Waals surface area contributed by atoms with Gasteiger partial charge in [-0.2, -0.15) is 0 Å². The van der Waals surface area contributed by atoms with Gasteiger partial charge in [-0.3, -0.25) is 0 Å². The van der Waals surface area contributed by atoms with E-state index in [-0.39, 0.29) is 6.10 Å². The van der Waals surface area contributed by atoms with Gasteiger partial charge in [0.1, 0.15) is 6.10 Å². The fraction of sp³-hybridized carbons (Fsp3) is 0.364. The molecule has 4 nitrogen and oxygen atoms in total. The van der Waals surface area contributed by atoms with Gasteiger partial charge in [-0.25, -0.2) is 0 Å². The molecule has 1 unspecified atom stereocenters. The van der Waals surface area contributed by atoms with E-state index in [1.54, 1.807) is 4.90 Å². The Balaban J connectivity index is 1.98. The van der Waals surface area contributed by atoms with Gasteiger partial charge in [-0.1, -0.05) is 30.3 Å². The summed E-state index contributed by atoms with van der Waals surface area (Å²) in [7, 11) is 1.85. The maximum absolute atomic E-state index is 8.64. The van der Waals surface area contributed by atoms with Crippen LogP contribution >= 0.6 is 0 Å². The SMILES string of the molecule is CN1CC(Cc2ccccc2)OC1=NO. The topological polar surface area (TPSA) is 45.1 Å². The molecule has 1 aliphatic rings. The zero-order valence-electron chi connectivity index (χ0n) is 8.63. The average Bonchev–Trinajstić information content (AvgIpc) is 2.60. The van der Waals surface area contributed by atoms with Crippen molar-refractivity contribution < 1.29 is 9.94 Å². The summed E-state index contributed by atoms with van der Waals surface area (Å²) in [5.41, 5.74) is 1.23. The van der Waals surface area contributed by atoms with Crippen LogP contribution in [0.3, 0.4) is 0 Å². The molecule has 0 aliphatic carbocycles. The lowest BCUT2D eigenvalue weighted by atomic mass is 10.1. The molecule has 0 spiro atoms. The molecule has 2 rings (SSSR count). The first-order valence-electron chi connectivity index (χ1n) is 4.93. The molecule has 1 aromatic rings. The highest BCUT2D eigenvalue weighted by Gasteiger charge is 2.27. The second-order valence-electron chi connectivity index (χ2n) is 3.69. The largest absolute Gasteiger partial charge is 0.457 e. The van der Waals surface area contributed by atoms with E-state index in [0.29, 0.717) is 6.02 Å². The molecule has 1 N–H and O–H groups in total. The van der Waals surface area contributed by atoms with Gasteiger partial charge in [0.15, 0.2) is 0 Å². The normalized spacial score (nSPS) is 23.1. The van der Waals surface area contributed by atoms with Gasteiger partial charge in [0.2, 0.25) is 0 Å². The molecule has 1 heterocycles. The van der Waals surface area contributed by atoms with E-state index in [4.69, 9.17) is 9.94 Å². The zero-order chi connectivity index (χ0) is 10.7. The van der Waals surface area contributed by atoms with Crippen molar-refractivity contribution >= 4 is 6.02 Å². The molecule has 15 heavy (non-hydrogen) atoms. The van der Waals surface area contributed by atoms with E-state index in [0.717, 1.165) is 13.0 Å². The van der Waals surface area contributed by atoms with Gasteiger partial charge < -0.3 is 14.8 Å². The summed E-state index contributed by atoms with van der Waals surface area (Å²) >= 11 is 0. The van der Waals surface area contributed by atoms with Crippen LogP contribution in [0, 0.1) is 0 Å². The summed E-state index contributed by atoms with van der Waals surface area (Å²) in [6, 6.07) is 10.4. The van der Waals surface area contributed by atoms with Crippen LogP contribution in [0.1, 0.15) is 5.56 Å². The van der Waals surface area contributed by atoms with Gasteiger partial charge in [0.05, 0.1) is 6.54 Å². The minimum atomic E-state index is 0.0725. The van der Waals surface area contributed by atoms with Gasteiger partial charge in [0, 0.05) is 13.5 Å². The number of ether oxygens (including phenoxy) is 1. The van der Waals surface area contributed by atoms with Crippen molar-refractivity contribution in [3.63, 3.8) is 0 Å². The van der Waals surface area contributed by atoms with E-state index in [2.05, 4.69) is 17.3 Å². The Bertz CT molecular complexity index is 351. The lowest BCUT2D eigenvalue weighted by molar-refractivity contribution is 0.211. The first-order chi connectivity index (χ1) is 7.29. The maximum Gasteiger partial charge on any atom is 0.326 e. The summed E-state index contributed by atoms with van der Waals surface area (Å²) < 4.78 is 5.45. The molecule has 1 aromatic carbocycles. The van der Waals surface area contributed by atoms with E-state index >= 15 is 0 Å². The monoisotopic (exact) mass is 206 g/mol. The van der Waals surface area contributed by atoms with E-state index in [9.17, 15) is 0 Å². The Morgan fingerprint density at radius 1 is 1.47 bits per heavy atom. The number of oxime groups is 1. The summed E-state index contributed by atoms with van der Waals surface area (Å²) in [5.74, 6) is 0. The van der Waals surface area contributed by atoms with Gasteiger partial charge in [0.25, 0.3) is 0 Å². The highest BCUT2D eigenvalue weighted by atomic mass is 16.6. The molecule has 0 amide bonds. The number of hydrogen-bond acceptors (Lipinski definition) is 3. The quantitative estimate of drug-likeness (QED) is 0.586. The van der Waals surface area contributed by atoms with E-state index in [1.807, 2.05) is 25.2 Å². The Kier molecular flexibility index (Phi) is 2.76. The minimum Gasteiger partial charge on any atom is -0.457 e. The van der Waals surface area contributed by atoms with E-state index < -0.39 is 0 Å². The van der Waals surface area contributed by atoms with Crippen LogP contribution in [-0.2, 0) is 11.2 Å². The van der Waals surface area contributed by atoms with Crippen molar-refractivity contribution in [3.8, 4) is 0 Å². The van der Waals surface area contributed by atoms with Crippen LogP contribution in [0.15, 0.2) is 35.5 Å². The van der Waals surface area contributed by atoms with Crippen molar-refractivity contribution in [1.29, 1.82) is 0 Å². The number of amidine groups is 1. The van der Waals surface area contributed by atoms with Crippen molar-refractivity contribution in [1.82, 2.24) is 4.90 Å². The molecule has 4 heteroatoms. The second-order valence-corrected chi connectivity index (χ2v) is 3.69. The van der Waals surface area contributed by atoms with Crippen LogP contribution in [0.2, 0.25) is 0 Å². The third kappa shape index (κ3) is 2.21. The second kappa shape index (κ2) is 4.21. The Morgan fingerprint density at radius 3 is 2.80 bits per heavy atom. The lowest BCUT2D eigenvalue weighted by Gasteiger charge is -2.07. The van der Waals surface area contributed by atoms with Crippen LogP contribution in [0.4, 0.5) is 0 Å². The Hall–Kier alpha value is -1.71. The molecule has 1 fully saturated rings. The highest BCUT2D eigenvalue weighted by molar-refractivity contribution is 5.74. The number of nitrogens with zero attached hydrogens (tertiary/aromatic N) is 2. The predicted octanol–water partition coefficient (Wildman–Crippen LogP) is 1.30. The molecule has 1 saturated heterocycles. The minimum absolute atomic E-state index is 0.0725. The van der Waals surface area contributed by atoms with Crippen LogP contribution in [0.5, 0.6) is 0 Å². The van der Waals surface area contributed by atoms with Crippen molar-refractivity contribution in [2.45, 2.75) is 12.5 Å². The summed E-state index contributed by atoms with van der Waals surface area (Å²) in [6.07, 6.45) is 0.910. The number of hydrogen-bond donors (Lipinski definition) is 1. The molecule has 1 aliphatic heterocycles. The number of rotatable bonds is 2. The molecule has 0 bridgehead atoms. The van der Waals surface area contributed by atoms with Crippen LogP contribution in [0.25, 0.3) is 0 Å². The summed E-state index contributed by atoms with van der Waals surface area (Å²) in [5, 5.41) is 11.7. The van der Waals surface area contributed by atoms with E-state index in [1.165, 1.54) is 5.56 Å². The molecule has 0 aromatic heterocycles. The first-order valence-corrected chi connectivity index (χ1v) is 4.93.